The monoisotopic (exact) mass is 394 g/mol. The maximum atomic E-state index is 13.3. The maximum absolute atomic E-state index is 13.3. The van der Waals surface area contributed by atoms with Gasteiger partial charge >= 0.3 is 12.4 Å². The summed E-state index contributed by atoms with van der Waals surface area (Å²) in [5.41, 5.74) is -3.09. The third kappa shape index (κ3) is 3.66. The minimum absolute atomic E-state index is 0.115. The van der Waals surface area contributed by atoms with E-state index in [1.807, 2.05) is 0 Å². The summed E-state index contributed by atoms with van der Waals surface area (Å²) in [5.74, 6) is -0.190. The number of thiazole rings is 1. The molecule has 0 spiro atoms. The molecule has 3 rings (SSSR count). The zero-order chi connectivity index (χ0) is 19.1. The van der Waals surface area contributed by atoms with E-state index in [2.05, 4.69) is 9.72 Å². The predicted molar refractivity (Wildman–Crippen MR) is 81.3 cm³/mol. The van der Waals surface area contributed by atoms with Gasteiger partial charge in [-0.2, -0.15) is 26.3 Å². The fraction of sp³-hybridized carbons (Fsp3) is 0.200. The number of ether oxygens (including phenoxy) is 1. The SMILES string of the molecule is O=c1c(-c2ccc(OCC(F)(F)F)cc2)c(C(F)(F)F)nc2sccn12. The Labute approximate surface area is 145 Å². The number of fused-ring (bicyclic) bond motifs is 1. The molecule has 0 saturated heterocycles. The quantitative estimate of drug-likeness (QED) is 0.620. The molecule has 4 nitrogen and oxygen atoms in total. The Morgan fingerprint density at radius 3 is 2.31 bits per heavy atom. The molecule has 138 valence electrons. The van der Waals surface area contributed by atoms with Gasteiger partial charge in [0.25, 0.3) is 5.56 Å². The van der Waals surface area contributed by atoms with Gasteiger partial charge in [0, 0.05) is 11.6 Å². The number of hydrogen-bond acceptors (Lipinski definition) is 4. The van der Waals surface area contributed by atoms with Gasteiger partial charge in [0.15, 0.2) is 17.3 Å². The van der Waals surface area contributed by atoms with Crippen molar-refractivity contribution in [3.8, 4) is 16.9 Å². The molecular weight excluding hydrogens is 386 g/mol. The van der Waals surface area contributed by atoms with Crippen LogP contribution in [0.3, 0.4) is 0 Å². The second-order valence-corrected chi connectivity index (χ2v) is 6.00. The van der Waals surface area contributed by atoms with Crippen LogP contribution < -0.4 is 10.3 Å². The molecule has 0 bridgehead atoms. The van der Waals surface area contributed by atoms with E-state index >= 15 is 0 Å². The Balaban J connectivity index is 2.07. The van der Waals surface area contributed by atoms with Crippen LogP contribution in [-0.4, -0.2) is 22.2 Å². The molecule has 0 aliphatic carbocycles. The van der Waals surface area contributed by atoms with E-state index in [-0.39, 0.29) is 16.3 Å². The first-order valence-corrected chi connectivity index (χ1v) is 7.81. The van der Waals surface area contributed by atoms with Crippen molar-refractivity contribution < 1.29 is 31.1 Å². The number of alkyl halides is 6. The highest BCUT2D eigenvalue weighted by Gasteiger charge is 2.38. The molecule has 0 unspecified atom stereocenters. The van der Waals surface area contributed by atoms with Crippen molar-refractivity contribution in [2.75, 3.05) is 6.61 Å². The fourth-order valence-corrected chi connectivity index (χ4v) is 2.93. The molecule has 2 heterocycles. The van der Waals surface area contributed by atoms with Crippen molar-refractivity contribution in [2.45, 2.75) is 12.4 Å². The van der Waals surface area contributed by atoms with E-state index in [9.17, 15) is 31.1 Å². The van der Waals surface area contributed by atoms with Crippen LogP contribution >= 0.6 is 11.3 Å². The normalized spacial score (nSPS) is 12.5. The van der Waals surface area contributed by atoms with Gasteiger partial charge in [0.1, 0.15) is 5.75 Å². The highest BCUT2D eigenvalue weighted by Crippen LogP contribution is 2.35. The first-order valence-electron chi connectivity index (χ1n) is 6.93. The van der Waals surface area contributed by atoms with Crippen LogP contribution in [0.2, 0.25) is 0 Å². The van der Waals surface area contributed by atoms with Gasteiger partial charge in [-0.3, -0.25) is 9.20 Å². The molecule has 1 aromatic carbocycles. The highest BCUT2D eigenvalue weighted by molar-refractivity contribution is 7.15. The Morgan fingerprint density at radius 1 is 1.08 bits per heavy atom. The molecule has 0 atom stereocenters. The second kappa shape index (κ2) is 6.31. The number of hydrogen-bond donors (Lipinski definition) is 0. The lowest BCUT2D eigenvalue weighted by molar-refractivity contribution is -0.153. The smallest absolute Gasteiger partial charge is 0.434 e. The Hall–Kier alpha value is -2.56. The molecule has 0 fully saturated rings. The molecular formula is C15H8F6N2O2S. The summed E-state index contributed by atoms with van der Waals surface area (Å²) in [5, 5.41) is 1.42. The minimum Gasteiger partial charge on any atom is -0.484 e. The van der Waals surface area contributed by atoms with Gasteiger partial charge in [-0.25, -0.2) is 4.98 Å². The number of benzene rings is 1. The zero-order valence-electron chi connectivity index (χ0n) is 12.6. The topological polar surface area (TPSA) is 43.6 Å². The van der Waals surface area contributed by atoms with Crippen molar-refractivity contribution in [3.63, 3.8) is 0 Å². The fourth-order valence-electron chi connectivity index (χ4n) is 2.23. The van der Waals surface area contributed by atoms with Crippen molar-refractivity contribution >= 4 is 16.3 Å². The summed E-state index contributed by atoms with van der Waals surface area (Å²) in [4.78, 5) is 15.8. The lowest BCUT2D eigenvalue weighted by atomic mass is 10.0. The molecule has 0 amide bonds. The van der Waals surface area contributed by atoms with Crippen LogP contribution in [0.4, 0.5) is 26.3 Å². The van der Waals surface area contributed by atoms with Crippen LogP contribution in [0.25, 0.3) is 16.1 Å². The Morgan fingerprint density at radius 2 is 1.73 bits per heavy atom. The summed E-state index contributed by atoms with van der Waals surface area (Å²) < 4.78 is 81.9. The molecule has 0 aliphatic rings. The zero-order valence-corrected chi connectivity index (χ0v) is 13.4. The van der Waals surface area contributed by atoms with Crippen molar-refractivity contribution in [2.24, 2.45) is 0 Å². The van der Waals surface area contributed by atoms with E-state index in [0.29, 0.717) is 0 Å². The van der Waals surface area contributed by atoms with Crippen LogP contribution in [0.15, 0.2) is 40.6 Å². The number of halogens is 6. The average molecular weight is 394 g/mol. The minimum atomic E-state index is -4.88. The Bertz CT molecular complexity index is 989. The van der Waals surface area contributed by atoms with Crippen LogP contribution in [0, 0.1) is 0 Å². The van der Waals surface area contributed by atoms with Gasteiger partial charge in [0.05, 0.1) is 5.56 Å². The van der Waals surface area contributed by atoms with E-state index < -0.39 is 35.8 Å². The molecule has 0 N–H and O–H groups in total. The van der Waals surface area contributed by atoms with Gasteiger partial charge in [-0.15, -0.1) is 11.3 Å². The lowest BCUT2D eigenvalue weighted by Crippen LogP contribution is -2.22. The van der Waals surface area contributed by atoms with Gasteiger partial charge < -0.3 is 4.74 Å². The van der Waals surface area contributed by atoms with Gasteiger partial charge in [-0.1, -0.05) is 12.1 Å². The predicted octanol–water partition coefficient (Wildman–Crippen LogP) is 4.38. The molecule has 0 saturated carbocycles. The first kappa shape index (κ1) is 18.2. The number of aromatic nitrogens is 2. The van der Waals surface area contributed by atoms with Crippen LogP contribution in [0.5, 0.6) is 5.75 Å². The van der Waals surface area contributed by atoms with Crippen LogP contribution in [0.1, 0.15) is 5.69 Å². The summed E-state index contributed by atoms with van der Waals surface area (Å²) in [6.45, 7) is -1.54. The maximum Gasteiger partial charge on any atom is 0.434 e. The van der Waals surface area contributed by atoms with Crippen LogP contribution in [-0.2, 0) is 6.18 Å². The second-order valence-electron chi connectivity index (χ2n) is 5.12. The standard InChI is InChI=1S/C15H8F6N2O2S/c16-14(17,18)7-25-9-3-1-8(2-4-9)10-11(15(19,20)21)22-13-23(12(10)24)5-6-26-13/h1-6H,7H2. The third-order valence-electron chi connectivity index (χ3n) is 3.28. The molecule has 2 aromatic heterocycles. The van der Waals surface area contributed by atoms with Crippen molar-refractivity contribution in [3.05, 3.63) is 51.9 Å². The molecule has 0 aliphatic heterocycles. The Kier molecular flexibility index (Phi) is 4.42. The number of nitrogens with zero attached hydrogens (tertiary/aromatic N) is 2. The lowest BCUT2D eigenvalue weighted by Gasteiger charge is -2.13. The molecule has 11 heteroatoms. The summed E-state index contributed by atoms with van der Waals surface area (Å²) >= 11 is 0.872. The van der Waals surface area contributed by atoms with E-state index in [0.717, 1.165) is 40.0 Å². The first-order chi connectivity index (χ1) is 12.1. The van der Waals surface area contributed by atoms with E-state index in [4.69, 9.17) is 0 Å². The average Bonchev–Trinajstić information content (AvgIpc) is 3.01. The molecule has 0 radical (unpaired) electrons. The van der Waals surface area contributed by atoms with E-state index in [1.54, 1.807) is 0 Å². The molecule has 26 heavy (non-hydrogen) atoms. The summed E-state index contributed by atoms with van der Waals surface area (Å²) in [7, 11) is 0. The highest BCUT2D eigenvalue weighted by atomic mass is 32.1. The van der Waals surface area contributed by atoms with Crippen molar-refractivity contribution in [1.82, 2.24) is 9.38 Å². The van der Waals surface area contributed by atoms with Gasteiger partial charge in [0.2, 0.25) is 0 Å². The summed E-state index contributed by atoms with van der Waals surface area (Å²) in [6.07, 6.45) is -8.13. The largest absolute Gasteiger partial charge is 0.484 e. The summed E-state index contributed by atoms with van der Waals surface area (Å²) in [6, 6.07) is 4.28. The van der Waals surface area contributed by atoms with E-state index in [1.165, 1.54) is 11.6 Å². The van der Waals surface area contributed by atoms with Gasteiger partial charge in [-0.05, 0) is 17.7 Å². The number of rotatable bonds is 3. The third-order valence-corrected chi connectivity index (χ3v) is 4.04. The molecule has 3 aromatic rings. The van der Waals surface area contributed by atoms with Crippen molar-refractivity contribution in [1.29, 1.82) is 0 Å².